The van der Waals surface area contributed by atoms with E-state index in [1.807, 2.05) is 0 Å². The summed E-state index contributed by atoms with van der Waals surface area (Å²) in [7, 11) is 0.671. The third kappa shape index (κ3) is 8.60. The predicted molar refractivity (Wildman–Crippen MR) is 125 cm³/mol. The molecule has 0 amide bonds. The Labute approximate surface area is 196 Å². The first-order chi connectivity index (χ1) is 16.0. The molecule has 0 spiro atoms. The number of benzene rings is 2. The van der Waals surface area contributed by atoms with Gasteiger partial charge in [-0.1, -0.05) is 77.3 Å². The van der Waals surface area contributed by atoms with Crippen LogP contribution in [0.4, 0.5) is 17.6 Å². The van der Waals surface area contributed by atoms with E-state index in [0.717, 1.165) is 64.2 Å². The second kappa shape index (κ2) is 14.9. The smallest absolute Gasteiger partial charge is 0.524 e. The average Bonchev–Trinajstić information content (AvgIpc) is 2.81. The number of hydrogen-bond donors (Lipinski definition) is 0. The van der Waals surface area contributed by atoms with Crippen LogP contribution < -0.4 is 9.31 Å². The van der Waals surface area contributed by atoms with Crippen molar-refractivity contribution >= 4 is 7.69 Å². The minimum absolute atomic E-state index is 0.288. The molecule has 2 rings (SSSR count). The van der Waals surface area contributed by atoms with Gasteiger partial charge in [-0.3, -0.25) is 0 Å². The first kappa shape index (κ1) is 27.1. The Hall–Kier alpha value is -2.18. The van der Waals surface area contributed by atoms with Crippen LogP contribution in [0, 0.1) is 23.3 Å². The molecule has 0 N–H and O–H groups in total. The lowest BCUT2D eigenvalue weighted by atomic mass is 10.0. The molecule has 33 heavy (non-hydrogen) atoms. The van der Waals surface area contributed by atoms with Gasteiger partial charge in [0.15, 0.2) is 23.3 Å². The van der Waals surface area contributed by atoms with E-state index in [1.165, 1.54) is 24.3 Å². The SMILES string of the molecule is CCCCCCCc1ccc(O[B]Oc2ccc(CCCCCCC)c(F)c2F)c(F)c1F. The van der Waals surface area contributed by atoms with Crippen molar-refractivity contribution in [3.8, 4) is 11.5 Å². The van der Waals surface area contributed by atoms with Crippen LogP contribution in [0.25, 0.3) is 0 Å². The van der Waals surface area contributed by atoms with Crippen molar-refractivity contribution in [1.29, 1.82) is 0 Å². The summed E-state index contributed by atoms with van der Waals surface area (Å²) in [5.41, 5.74) is 0.575. The Bertz CT molecular complexity index is 791. The number of hydrogen-bond acceptors (Lipinski definition) is 2. The van der Waals surface area contributed by atoms with E-state index in [-0.39, 0.29) is 22.6 Å². The molecule has 181 valence electrons. The zero-order valence-electron chi connectivity index (χ0n) is 19.7. The molecule has 0 saturated carbocycles. The van der Waals surface area contributed by atoms with Gasteiger partial charge in [0, 0.05) is 0 Å². The second-order valence-electron chi connectivity index (χ2n) is 8.36. The van der Waals surface area contributed by atoms with Crippen LogP contribution in [-0.2, 0) is 12.8 Å². The van der Waals surface area contributed by atoms with Crippen LogP contribution in [0.1, 0.15) is 89.2 Å². The Balaban J connectivity index is 1.86. The number of rotatable bonds is 16. The normalized spacial score (nSPS) is 11.0. The fourth-order valence-corrected chi connectivity index (χ4v) is 3.68. The summed E-state index contributed by atoms with van der Waals surface area (Å²) < 4.78 is 67.2. The van der Waals surface area contributed by atoms with Crippen LogP contribution in [0.15, 0.2) is 24.3 Å². The molecule has 0 bridgehead atoms. The van der Waals surface area contributed by atoms with Crippen molar-refractivity contribution in [2.75, 3.05) is 0 Å². The minimum Gasteiger partial charge on any atom is -0.524 e. The van der Waals surface area contributed by atoms with Crippen LogP contribution in [0.5, 0.6) is 11.5 Å². The molecule has 0 fully saturated rings. The van der Waals surface area contributed by atoms with Gasteiger partial charge < -0.3 is 9.31 Å². The summed E-state index contributed by atoms with van der Waals surface area (Å²) in [6, 6.07) is 5.55. The quantitative estimate of drug-likeness (QED) is 0.141. The Morgan fingerprint density at radius 2 is 0.939 bits per heavy atom. The fraction of sp³-hybridized carbons (Fsp3) is 0.538. The molecule has 2 aromatic carbocycles. The first-order valence-electron chi connectivity index (χ1n) is 12.1. The fourth-order valence-electron chi connectivity index (χ4n) is 3.68. The molecule has 0 aliphatic carbocycles. The van der Waals surface area contributed by atoms with E-state index in [2.05, 4.69) is 13.8 Å². The van der Waals surface area contributed by atoms with Gasteiger partial charge in [0.2, 0.25) is 0 Å². The second-order valence-corrected chi connectivity index (χ2v) is 8.36. The molecule has 0 saturated heterocycles. The number of aryl methyl sites for hydroxylation is 2. The van der Waals surface area contributed by atoms with Crippen LogP contribution in [0.2, 0.25) is 0 Å². The van der Waals surface area contributed by atoms with Crippen LogP contribution in [-0.4, -0.2) is 7.69 Å². The molecule has 7 heteroatoms. The van der Waals surface area contributed by atoms with Gasteiger partial charge in [0.05, 0.1) is 0 Å². The van der Waals surface area contributed by atoms with E-state index in [9.17, 15) is 17.6 Å². The highest BCUT2D eigenvalue weighted by atomic mass is 19.2. The molecule has 0 aliphatic heterocycles. The van der Waals surface area contributed by atoms with Crippen molar-refractivity contribution in [3.05, 3.63) is 58.7 Å². The summed E-state index contributed by atoms with van der Waals surface area (Å²) in [6.07, 6.45) is 11.0. The zero-order valence-corrected chi connectivity index (χ0v) is 19.7. The lowest BCUT2D eigenvalue weighted by Gasteiger charge is -2.12. The van der Waals surface area contributed by atoms with E-state index in [0.29, 0.717) is 20.5 Å². The van der Waals surface area contributed by atoms with Crippen molar-refractivity contribution < 1.29 is 26.9 Å². The third-order valence-electron chi connectivity index (χ3n) is 5.70. The summed E-state index contributed by atoms with van der Waals surface area (Å²) in [6.45, 7) is 4.23. The van der Waals surface area contributed by atoms with E-state index >= 15 is 0 Å². The van der Waals surface area contributed by atoms with Gasteiger partial charge in [-0.25, -0.2) is 8.78 Å². The molecule has 2 aromatic rings. The highest BCUT2D eigenvalue weighted by Crippen LogP contribution is 2.26. The van der Waals surface area contributed by atoms with Gasteiger partial charge in [0.1, 0.15) is 11.5 Å². The van der Waals surface area contributed by atoms with E-state index in [4.69, 9.17) is 9.31 Å². The van der Waals surface area contributed by atoms with Gasteiger partial charge in [-0.15, -0.1) is 0 Å². The number of halogens is 4. The van der Waals surface area contributed by atoms with Gasteiger partial charge in [-0.05, 0) is 48.9 Å². The Morgan fingerprint density at radius 3 is 1.33 bits per heavy atom. The molecule has 0 heterocycles. The van der Waals surface area contributed by atoms with Gasteiger partial charge >= 0.3 is 7.69 Å². The molecule has 2 nitrogen and oxygen atoms in total. The van der Waals surface area contributed by atoms with E-state index in [1.54, 1.807) is 0 Å². The summed E-state index contributed by atoms with van der Waals surface area (Å²) in [4.78, 5) is 0. The largest absolute Gasteiger partial charge is 0.658 e. The maximum absolute atomic E-state index is 14.3. The standard InChI is InChI=1S/C26H34BF4O2/c1-3-5-7-9-11-13-19-15-17-21(25(30)23(19)28)32-27-33-22-18-16-20(24(29)26(22)31)14-12-10-8-6-4-2/h15-18H,3-14H2,1-2H3. The first-order valence-corrected chi connectivity index (χ1v) is 12.1. The monoisotopic (exact) mass is 465 g/mol. The van der Waals surface area contributed by atoms with E-state index < -0.39 is 23.3 Å². The molecule has 0 atom stereocenters. The van der Waals surface area contributed by atoms with Crippen molar-refractivity contribution in [1.82, 2.24) is 0 Å². The summed E-state index contributed by atoms with van der Waals surface area (Å²) >= 11 is 0. The highest BCUT2D eigenvalue weighted by Gasteiger charge is 2.18. The van der Waals surface area contributed by atoms with Crippen LogP contribution >= 0.6 is 0 Å². The maximum Gasteiger partial charge on any atom is 0.658 e. The molecule has 0 aromatic heterocycles. The average molecular weight is 465 g/mol. The molecular weight excluding hydrogens is 431 g/mol. The summed E-state index contributed by atoms with van der Waals surface area (Å²) in [5, 5.41) is 0. The molecule has 0 aliphatic rings. The lowest BCUT2D eigenvalue weighted by Crippen LogP contribution is -2.14. The molecule has 1 radical (unpaired) electrons. The molecular formula is C26H34BF4O2. The van der Waals surface area contributed by atoms with Crippen molar-refractivity contribution in [2.24, 2.45) is 0 Å². The third-order valence-corrected chi connectivity index (χ3v) is 5.70. The van der Waals surface area contributed by atoms with Gasteiger partial charge in [-0.2, -0.15) is 8.78 Å². The zero-order chi connectivity index (χ0) is 24.1. The predicted octanol–water partition coefficient (Wildman–Crippen LogP) is 8.26. The lowest BCUT2D eigenvalue weighted by molar-refractivity contribution is 0.396. The summed E-state index contributed by atoms with van der Waals surface area (Å²) in [5.74, 6) is -4.95. The minimum atomic E-state index is -1.13. The van der Waals surface area contributed by atoms with Crippen molar-refractivity contribution in [3.63, 3.8) is 0 Å². The van der Waals surface area contributed by atoms with Crippen LogP contribution in [0.3, 0.4) is 0 Å². The topological polar surface area (TPSA) is 18.5 Å². The number of unbranched alkanes of at least 4 members (excludes halogenated alkanes) is 8. The highest BCUT2D eigenvalue weighted by molar-refractivity contribution is 6.20. The Kier molecular flexibility index (Phi) is 12.2. The Morgan fingerprint density at radius 1 is 0.545 bits per heavy atom. The van der Waals surface area contributed by atoms with Crippen molar-refractivity contribution in [2.45, 2.75) is 90.9 Å². The maximum atomic E-state index is 14.3. The van der Waals surface area contributed by atoms with Gasteiger partial charge in [0.25, 0.3) is 0 Å². The molecule has 0 unspecified atom stereocenters.